The van der Waals surface area contributed by atoms with Gasteiger partial charge >= 0.3 is 5.69 Å². The molecule has 13 heteroatoms. The predicted molar refractivity (Wildman–Crippen MR) is 138 cm³/mol. The van der Waals surface area contributed by atoms with E-state index >= 15 is 0 Å². The van der Waals surface area contributed by atoms with Crippen molar-refractivity contribution in [3.05, 3.63) is 53.2 Å². The van der Waals surface area contributed by atoms with E-state index in [4.69, 9.17) is 0 Å². The number of sulfonamides is 1. The minimum atomic E-state index is -3.97. The van der Waals surface area contributed by atoms with Gasteiger partial charge in [0.2, 0.25) is 10.0 Å². The molecular formula is C24H30N5O6S2+. The monoisotopic (exact) mass is 548 g/mol. The van der Waals surface area contributed by atoms with Crippen molar-refractivity contribution in [1.29, 1.82) is 0 Å². The van der Waals surface area contributed by atoms with Crippen LogP contribution in [0.4, 0.5) is 11.4 Å². The number of fused-ring (bicyclic) bond motifs is 1. The zero-order valence-corrected chi connectivity index (χ0v) is 22.2. The molecular weight excluding hydrogens is 518 g/mol. The fraction of sp³-hybridized carbons (Fsp3) is 0.458. The quantitative estimate of drug-likeness (QED) is 0.344. The summed E-state index contributed by atoms with van der Waals surface area (Å²) in [6.07, 6.45) is 5.74. The maximum absolute atomic E-state index is 13.3. The molecule has 37 heavy (non-hydrogen) atoms. The second-order valence-corrected chi connectivity index (χ2v) is 13.7. The number of pyridine rings is 1. The molecule has 0 aliphatic heterocycles. The zero-order valence-electron chi connectivity index (χ0n) is 20.5. The fourth-order valence-electron chi connectivity index (χ4n) is 5.11. The van der Waals surface area contributed by atoms with Crippen LogP contribution in [0.15, 0.2) is 47.6 Å². The number of rotatable bonds is 9. The Labute approximate surface area is 215 Å². The molecule has 2 fully saturated rings. The molecule has 198 valence electrons. The highest BCUT2D eigenvalue weighted by Crippen LogP contribution is 2.39. The largest absolute Gasteiger partial charge is 0.376 e. The number of aryl methyl sites for hydroxylation is 1. The number of aromatic nitrogens is 2. The topological polar surface area (TPSA) is 150 Å². The Kier molecular flexibility index (Phi) is 6.49. The third-order valence-corrected chi connectivity index (χ3v) is 11.0. The van der Waals surface area contributed by atoms with E-state index in [0.29, 0.717) is 31.1 Å². The SMILES string of the molecule is CC[C@@H]1CC(NS(=O)(=O)C2CC2)C[C@@H]1Nc1c([N+](=O)O)cnc2c1ccn2S(=O)(=O)c1ccc(C)cc1. The number of anilines is 1. The summed E-state index contributed by atoms with van der Waals surface area (Å²) >= 11 is 0. The van der Waals surface area contributed by atoms with Crippen molar-refractivity contribution in [2.24, 2.45) is 5.92 Å². The van der Waals surface area contributed by atoms with Gasteiger partial charge in [0.1, 0.15) is 11.9 Å². The van der Waals surface area contributed by atoms with Crippen molar-refractivity contribution in [3.8, 4) is 0 Å². The van der Waals surface area contributed by atoms with Crippen LogP contribution in [-0.4, -0.2) is 53.3 Å². The lowest BCUT2D eigenvalue weighted by atomic mass is 10.00. The van der Waals surface area contributed by atoms with E-state index in [1.54, 1.807) is 12.1 Å². The fourth-order valence-corrected chi connectivity index (χ4v) is 8.02. The summed E-state index contributed by atoms with van der Waals surface area (Å²) < 4.78 is 55.5. The Morgan fingerprint density at radius 3 is 2.43 bits per heavy atom. The maximum atomic E-state index is 13.3. The Hall–Kier alpha value is -3.03. The lowest BCUT2D eigenvalue weighted by Gasteiger charge is -2.20. The standard InChI is InChI=1S/C24H30N5O6S2/c1-3-16-12-17(27-36(32,33)18-8-9-18)13-21(16)26-23-20-10-11-28(24(20)25-14-22(23)29(30)31)37(34,35)19-6-4-15(2)5-7-19/h4-7,10-11,14,16-18,21,27H,3,8-9,12-13H2,1-2H3,(H,25,26)(H,30,31)/q+1/t16-,17?,21+/m1/s1. The summed E-state index contributed by atoms with van der Waals surface area (Å²) in [5.74, 6) is 0.0974. The molecule has 2 aromatic heterocycles. The van der Waals surface area contributed by atoms with Crippen molar-refractivity contribution in [3.63, 3.8) is 0 Å². The van der Waals surface area contributed by atoms with Gasteiger partial charge in [-0.2, -0.15) is 0 Å². The molecule has 1 unspecified atom stereocenters. The van der Waals surface area contributed by atoms with E-state index in [1.165, 1.54) is 24.4 Å². The van der Waals surface area contributed by atoms with E-state index < -0.39 is 20.0 Å². The number of hydrogen-bond acceptors (Lipinski definition) is 7. The second-order valence-electron chi connectivity index (χ2n) is 9.91. The molecule has 0 radical (unpaired) electrons. The average molecular weight is 549 g/mol. The van der Waals surface area contributed by atoms with Crippen LogP contribution >= 0.6 is 0 Å². The minimum Gasteiger partial charge on any atom is -0.376 e. The van der Waals surface area contributed by atoms with Gasteiger partial charge in [-0.25, -0.2) is 35.7 Å². The van der Waals surface area contributed by atoms with Gasteiger partial charge in [-0.1, -0.05) is 31.0 Å². The summed E-state index contributed by atoms with van der Waals surface area (Å²) in [4.78, 5) is 16.0. The van der Waals surface area contributed by atoms with Gasteiger partial charge in [0, 0.05) is 18.3 Å². The first-order valence-electron chi connectivity index (χ1n) is 12.3. The van der Waals surface area contributed by atoms with Gasteiger partial charge in [0.25, 0.3) is 14.9 Å². The molecule has 2 saturated carbocycles. The first-order valence-corrected chi connectivity index (χ1v) is 15.3. The van der Waals surface area contributed by atoms with Gasteiger partial charge in [-0.05, 0) is 56.7 Å². The van der Waals surface area contributed by atoms with Gasteiger partial charge < -0.3 is 5.32 Å². The van der Waals surface area contributed by atoms with Crippen LogP contribution in [0.1, 0.15) is 44.6 Å². The lowest BCUT2D eigenvalue weighted by Crippen LogP contribution is -2.36. The van der Waals surface area contributed by atoms with Crippen molar-refractivity contribution in [2.45, 2.75) is 68.2 Å². The summed E-state index contributed by atoms with van der Waals surface area (Å²) in [5.41, 5.74) is 1.11. The third-order valence-electron chi connectivity index (χ3n) is 7.29. The number of nitrogens with one attached hydrogen (secondary N) is 2. The molecule has 5 rings (SSSR count). The van der Waals surface area contributed by atoms with Crippen LogP contribution in [0.25, 0.3) is 11.0 Å². The minimum absolute atomic E-state index is 0.0937. The van der Waals surface area contributed by atoms with E-state index in [9.17, 15) is 26.9 Å². The highest BCUT2D eigenvalue weighted by Gasteiger charge is 2.41. The van der Waals surface area contributed by atoms with Crippen LogP contribution in [-0.2, 0) is 20.0 Å². The molecule has 1 aromatic carbocycles. The predicted octanol–water partition coefficient (Wildman–Crippen LogP) is 3.43. The van der Waals surface area contributed by atoms with E-state index in [-0.39, 0.29) is 50.1 Å². The number of nitrogens with zero attached hydrogens (tertiary/aromatic N) is 3. The van der Waals surface area contributed by atoms with Crippen LogP contribution in [0.3, 0.4) is 0 Å². The molecule has 2 aliphatic carbocycles. The first-order chi connectivity index (χ1) is 17.5. The molecule has 2 aliphatic rings. The highest BCUT2D eigenvalue weighted by atomic mass is 32.2. The third kappa shape index (κ3) is 4.82. The van der Waals surface area contributed by atoms with Crippen molar-refractivity contribution in [2.75, 3.05) is 5.32 Å². The highest BCUT2D eigenvalue weighted by molar-refractivity contribution is 7.90. The molecule has 2 heterocycles. The number of hydrogen-bond donors (Lipinski definition) is 3. The van der Waals surface area contributed by atoms with Crippen molar-refractivity contribution >= 4 is 42.5 Å². The van der Waals surface area contributed by atoms with Gasteiger partial charge in [0.05, 0.1) is 20.4 Å². The van der Waals surface area contributed by atoms with Gasteiger partial charge in [-0.3, -0.25) is 0 Å². The summed E-state index contributed by atoms with van der Waals surface area (Å²) in [6.45, 7) is 3.87. The van der Waals surface area contributed by atoms with Gasteiger partial charge in [0.15, 0.2) is 5.65 Å². The smallest absolute Gasteiger partial charge is 0.358 e. The van der Waals surface area contributed by atoms with Crippen LogP contribution in [0, 0.1) is 17.7 Å². The zero-order chi connectivity index (χ0) is 26.5. The summed E-state index contributed by atoms with van der Waals surface area (Å²) in [7, 11) is -7.32. The van der Waals surface area contributed by atoms with Crippen LogP contribution in [0.5, 0.6) is 0 Å². The molecule has 0 bridgehead atoms. The molecule has 3 N–H and O–H groups in total. The van der Waals surface area contributed by atoms with Crippen molar-refractivity contribution in [1.82, 2.24) is 13.7 Å². The molecule has 11 nitrogen and oxygen atoms in total. The van der Waals surface area contributed by atoms with Crippen LogP contribution in [0.2, 0.25) is 0 Å². The molecule has 0 spiro atoms. The van der Waals surface area contributed by atoms with Crippen molar-refractivity contribution < 1.29 is 27.0 Å². The molecule has 0 amide bonds. The molecule has 3 atom stereocenters. The second kappa shape index (κ2) is 9.37. The Morgan fingerprint density at radius 1 is 1.11 bits per heavy atom. The summed E-state index contributed by atoms with van der Waals surface area (Å²) in [5, 5.41) is 13.1. The maximum Gasteiger partial charge on any atom is 0.358 e. The Balaban J connectivity index is 1.50. The van der Waals surface area contributed by atoms with E-state index in [1.807, 2.05) is 13.8 Å². The van der Waals surface area contributed by atoms with E-state index in [2.05, 4.69) is 15.0 Å². The molecule has 0 saturated heterocycles. The number of benzene rings is 1. The van der Waals surface area contributed by atoms with E-state index in [0.717, 1.165) is 22.2 Å². The Bertz CT molecular complexity index is 1560. The van der Waals surface area contributed by atoms with Gasteiger partial charge in [-0.15, -0.1) is 0 Å². The average Bonchev–Trinajstić information content (AvgIpc) is 3.51. The van der Waals surface area contributed by atoms with Crippen LogP contribution < -0.4 is 10.0 Å². The Morgan fingerprint density at radius 2 is 1.81 bits per heavy atom. The first kappa shape index (κ1) is 25.6. The lowest BCUT2D eigenvalue weighted by molar-refractivity contribution is -0.729. The summed E-state index contributed by atoms with van der Waals surface area (Å²) in [6, 6.07) is 7.52. The normalized spacial score (nSPS) is 22.4. The molecule has 3 aromatic rings.